The van der Waals surface area contributed by atoms with Crippen LogP contribution >= 0.6 is 11.6 Å². The Bertz CT molecular complexity index is 904. The Morgan fingerprint density at radius 3 is 2.35 bits per heavy atom. The summed E-state index contributed by atoms with van der Waals surface area (Å²) < 4.78 is 31.4. The average Bonchev–Trinajstić information content (AvgIpc) is 2.97. The molecule has 0 atom stereocenters. The van der Waals surface area contributed by atoms with Gasteiger partial charge in [-0.05, 0) is 51.1 Å². The van der Waals surface area contributed by atoms with Gasteiger partial charge in [0, 0.05) is 20.1 Å². The highest BCUT2D eigenvalue weighted by molar-refractivity contribution is 7.89. The highest BCUT2D eigenvalue weighted by Gasteiger charge is 2.25. The van der Waals surface area contributed by atoms with Crippen molar-refractivity contribution in [2.24, 2.45) is 0 Å². The van der Waals surface area contributed by atoms with Gasteiger partial charge in [0.05, 0.1) is 22.0 Å². The number of nitrogens with zero attached hydrogens (tertiary/aromatic N) is 2. The first-order valence-corrected chi connectivity index (χ1v) is 9.94. The molecular weight excluding hydrogens is 376 g/mol. The number of sulfonamides is 1. The number of amides is 1. The minimum Gasteiger partial charge on any atom is -0.464 e. The largest absolute Gasteiger partial charge is 0.464 e. The lowest BCUT2D eigenvalue weighted by molar-refractivity contribution is 0.0675. The third-order valence-electron chi connectivity index (χ3n) is 3.95. The number of aryl methyl sites for hydroxylation is 1. The second-order valence-corrected chi connectivity index (χ2v) is 9.03. The van der Waals surface area contributed by atoms with Gasteiger partial charge in [0.25, 0.3) is 5.91 Å². The SMILES string of the molecule is Cc1ccc(CN(C(=O)c2cc(S(=O)(=O)N(C)C)ccc2Cl)C(C)C)o1. The third kappa shape index (κ3) is 4.28. The molecule has 1 aromatic carbocycles. The molecule has 0 radical (unpaired) electrons. The molecule has 0 aliphatic carbocycles. The molecule has 2 aromatic rings. The summed E-state index contributed by atoms with van der Waals surface area (Å²) in [5, 5.41) is 0.203. The van der Waals surface area contributed by atoms with Crippen LogP contribution < -0.4 is 0 Å². The number of halogens is 1. The predicted molar refractivity (Wildman–Crippen MR) is 101 cm³/mol. The molecule has 1 amide bonds. The second kappa shape index (κ2) is 7.82. The van der Waals surface area contributed by atoms with Crippen molar-refractivity contribution in [3.63, 3.8) is 0 Å². The van der Waals surface area contributed by atoms with Gasteiger partial charge in [0.15, 0.2) is 0 Å². The first kappa shape index (κ1) is 20.5. The average molecular weight is 399 g/mol. The van der Waals surface area contributed by atoms with Crippen molar-refractivity contribution in [1.29, 1.82) is 0 Å². The molecule has 1 aromatic heterocycles. The first-order valence-electron chi connectivity index (χ1n) is 8.12. The molecular formula is C18H23ClN2O4S. The van der Waals surface area contributed by atoms with Gasteiger partial charge in [-0.2, -0.15) is 0 Å². The molecule has 8 heteroatoms. The molecule has 0 spiro atoms. The fraction of sp³-hybridized carbons (Fsp3) is 0.389. The van der Waals surface area contributed by atoms with Crippen molar-refractivity contribution in [3.05, 3.63) is 52.4 Å². The van der Waals surface area contributed by atoms with E-state index in [4.69, 9.17) is 16.0 Å². The number of rotatable bonds is 6. The molecule has 1 heterocycles. The first-order chi connectivity index (χ1) is 12.0. The van der Waals surface area contributed by atoms with Crippen LogP contribution in [-0.4, -0.2) is 43.7 Å². The van der Waals surface area contributed by atoms with Crippen molar-refractivity contribution >= 4 is 27.5 Å². The summed E-state index contributed by atoms with van der Waals surface area (Å²) >= 11 is 6.20. The lowest BCUT2D eigenvalue weighted by Crippen LogP contribution is -2.36. The van der Waals surface area contributed by atoms with Gasteiger partial charge < -0.3 is 9.32 Å². The van der Waals surface area contributed by atoms with E-state index >= 15 is 0 Å². The molecule has 0 N–H and O–H groups in total. The lowest BCUT2D eigenvalue weighted by Gasteiger charge is -2.26. The van der Waals surface area contributed by atoms with E-state index in [0.717, 1.165) is 10.1 Å². The molecule has 0 aliphatic rings. The van der Waals surface area contributed by atoms with Crippen LogP contribution in [0.1, 0.15) is 35.7 Å². The predicted octanol–water partition coefficient (Wildman–Crippen LogP) is 3.54. The summed E-state index contributed by atoms with van der Waals surface area (Å²) in [6.07, 6.45) is 0. The Morgan fingerprint density at radius 1 is 1.19 bits per heavy atom. The van der Waals surface area contributed by atoms with Gasteiger partial charge in [0.1, 0.15) is 11.5 Å². The van der Waals surface area contributed by atoms with E-state index in [1.165, 1.54) is 32.3 Å². The summed E-state index contributed by atoms with van der Waals surface area (Å²) in [5.41, 5.74) is 0.145. The summed E-state index contributed by atoms with van der Waals surface area (Å²) in [5.74, 6) is 1.06. The van der Waals surface area contributed by atoms with E-state index in [-0.39, 0.29) is 34.0 Å². The maximum absolute atomic E-state index is 13.1. The maximum Gasteiger partial charge on any atom is 0.256 e. The van der Waals surface area contributed by atoms with Crippen molar-refractivity contribution in [2.45, 2.75) is 38.3 Å². The van der Waals surface area contributed by atoms with Crippen LogP contribution in [0, 0.1) is 6.92 Å². The van der Waals surface area contributed by atoms with Crippen LogP contribution in [0.2, 0.25) is 5.02 Å². The number of furan rings is 1. The minimum atomic E-state index is -3.67. The van der Waals surface area contributed by atoms with E-state index in [9.17, 15) is 13.2 Å². The molecule has 2 rings (SSSR count). The van der Waals surface area contributed by atoms with Crippen LogP contribution in [0.15, 0.2) is 39.6 Å². The summed E-state index contributed by atoms with van der Waals surface area (Å²) in [7, 11) is -0.795. The Hall–Kier alpha value is -1.83. The van der Waals surface area contributed by atoms with Crippen LogP contribution in [0.3, 0.4) is 0 Å². The van der Waals surface area contributed by atoms with E-state index in [2.05, 4.69) is 0 Å². The van der Waals surface area contributed by atoms with Gasteiger partial charge in [-0.15, -0.1) is 0 Å². The number of hydrogen-bond acceptors (Lipinski definition) is 4. The zero-order chi connectivity index (χ0) is 19.6. The van der Waals surface area contributed by atoms with Crippen LogP contribution in [0.25, 0.3) is 0 Å². The molecule has 6 nitrogen and oxygen atoms in total. The van der Waals surface area contributed by atoms with Gasteiger partial charge >= 0.3 is 0 Å². The molecule has 0 bridgehead atoms. The third-order valence-corrected chi connectivity index (χ3v) is 6.09. The molecule has 0 aliphatic heterocycles. The van der Waals surface area contributed by atoms with Crippen molar-refractivity contribution < 1.29 is 17.6 Å². The Kier molecular flexibility index (Phi) is 6.16. The van der Waals surface area contributed by atoms with E-state index in [0.29, 0.717) is 5.76 Å². The van der Waals surface area contributed by atoms with Gasteiger partial charge in [-0.1, -0.05) is 11.6 Å². The fourth-order valence-corrected chi connectivity index (χ4v) is 3.55. The van der Waals surface area contributed by atoms with E-state index in [1.807, 2.05) is 32.9 Å². The maximum atomic E-state index is 13.1. The Morgan fingerprint density at radius 2 is 1.85 bits per heavy atom. The van der Waals surface area contributed by atoms with Crippen molar-refractivity contribution in [2.75, 3.05) is 14.1 Å². The topological polar surface area (TPSA) is 70.8 Å². The summed E-state index contributed by atoms with van der Waals surface area (Å²) in [6.45, 7) is 5.85. The molecule has 0 fully saturated rings. The standard InChI is InChI=1S/C18H23ClN2O4S/c1-12(2)21(11-14-7-6-13(3)25-14)18(22)16-10-15(8-9-17(16)19)26(23,24)20(4)5/h6-10,12H,11H2,1-5H3. The minimum absolute atomic E-state index is 0.0211. The highest BCUT2D eigenvalue weighted by atomic mass is 35.5. The smallest absolute Gasteiger partial charge is 0.256 e. The molecule has 0 unspecified atom stereocenters. The van der Waals surface area contributed by atoms with E-state index < -0.39 is 10.0 Å². The second-order valence-electron chi connectivity index (χ2n) is 6.47. The quantitative estimate of drug-likeness (QED) is 0.746. The summed E-state index contributed by atoms with van der Waals surface area (Å²) in [6, 6.07) is 7.66. The van der Waals surface area contributed by atoms with Crippen LogP contribution in [0.5, 0.6) is 0 Å². The summed E-state index contributed by atoms with van der Waals surface area (Å²) in [4.78, 5) is 14.7. The number of benzene rings is 1. The highest BCUT2D eigenvalue weighted by Crippen LogP contribution is 2.25. The molecule has 0 saturated carbocycles. The molecule has 142 valence electrons. The zero-order valence-corrected chi connectivity index (χ0v) is 17.1. The number of carbonyl (C=O) groups is 1. The van der Waals surface area contributed by atoms with Crippen LogP contribution in [0.4, 0.5) is 0 Å². The van der Waals surface area contributed by atoms with Crippen molar-refractivity contribution in [1.82, 2.24) is 9.21 Å². The van der Waals surface area contributed by atoms with Gasteiger partial charge in [-0.3, -0.25) is 4.79 Å². The monoisotopic (exact) mass is 398 g/mol. The van der Waals surface area contributed by atoms with Crippen LogP contribution in [-0.2, 0) is 16.6 Å². The Labute approximate surface area is 159 Å². The van der Waals surface area contributed by atoms with E-state index in [1.54, 1.807) is 4.90 Å². The molecule has 26 heavy (non-hydrogen) atoms. The molecule has 0 saturated heterocycles. The fourth-order valence-electron chi connectivity index (χ4n) is 2.42. The Balaban J connectivity index is 2.42. The zero-order valence-electron chi connectivity index (χ0n) is 15.5. The normalized spacial score (nSPS) is 12.0. The van der Waals surface area contributed by atoms with Crippen molar-refractivity contribution in [3.8, 4) is 0 Å². The van der Waals surface area contributed by atoms with Gasteiger partial charge in [0.2, 0.25) is 10.0 Å². The van der Waals surface area contributed by atoms with Gasteiger partial charge in [-0.25, -0.2) is 12.7 Å². The number of carbonyl (C=O) groups excluding carboxylic acids is 1. The lowest BCUT2D eigenvalue weighted by atomic mass is 10.1. The number of hydrogen-bond donors (Lipinski definition) is 0.